The molecule has 3 nitrogen and oxygen atoms in total. The summed E-state index contributed by atoms with van der Waals surface area (Å²) in [5.41, 5.74) is 1.27. The lowest BCUT2D eigenvalue weighted by atomic mass is 10.1. The molecule has 0 amide bonds. The van der Waals surface area contributed by atoms with Crippen molar-refractivity contribution in [3.8, 4) is 0 Å². The van der Waals surface area contributed by atoms with Crippen molar-refractivity contribution in [3.63, 3.8) is 0 Å². The van der Waals surface area contributed by atoms with Gasteiger partial charge in [-0.25, -0.2) is 0 Å². The molecule has 0 aliphatic rings. The van der Waals surface area contributed by atoms with E-state index in [1.165, 1.54) is 14.9 Å². The van der Waals surface area contributed by atoms with Crippen molar-refractivity contribution in [1.82, 2.24) is 15.1 Å². The molecule has 0 radical (unpaired) electrons. The quantitative estimate of drug-likeness (QED) is 0.926. The van der Waals surface area contributed by atoms with Crippen LogP contribution in [0.4, 0.5) is 0 Å². The van der Waals surface area contributed by atoms with Crippen molar-refractivity contribution in [1.29, 1.82) is 0 Å². The second kappa shape index (κ2) is 5.55. The molecule has 1 N–H and O–H groups in total. The molecule has 0 saturated carbocycles. The summed E-state index contributed by atoms with van der Waals surface area (Å²) in [4.78, 5) is 1.33. The third-order valence-corrected chi connectivity index (χ3v) is 4.56. The first-order chi connectivity index (χ1) is 8.47. The van der Waals surface area contributed by atoms with E-state index < -0.39 is 0 Å². The highest BCUT2D eigenvalue weighted by atomic mass is 79.9. The molecule has 2 heterocycles. The molecule has 2 aromatic rings. The zero-order chi connectivity index (χ0) is 13.2. The number of nitrogens with one attached hydrogen (secondary N) is 1. The second-order valence-electron chi connectivity index (χ2n) is 5.26. The Morgan fingerprint density at radius 3 is 2.72 bits per heavy atom. The molecule has 0 unspecified atom stereocenters. The maximum Gasteiger partial charge on any atom is 0.0543 e. The lowest BCUT2D eigenvalue weighted by Crippen LogP contribution is -2.22. The fraction of sp³-hybridized carbons (Fsp3) is 0.462. The Hall–Kier alpha value is -0.650. The van der Waals surface area contributed by atoms with E-state index in [1.807, 2.05) is 10.9 Å². The van der Waals surface area contributed by atoms with E-state index in [0.29, 0.717) is 0 Å². The first kappa shape index (κ1) is 13.8. The maximum absolute atomic E-state index is 4.39. The Bertz CT molecular complexity index is 510. The largest absolute Gasteiger partial charge is 0.308 e. The van der Waals surface area contributed by atoms with Crippen LogP contribution in [-0.2, 0) is 18.6 Å². The van der Waals surface area contributed by atoms with Crippen molar-refractivity contribution >= 4 is 27.3 Å². The third-order valence-electron chi connectivity index (χ3n) is 2.63. The van der Waals surface area contributed by atoms with Gasteiger partial charge in [-0.1, -0.05) is 0 Å². The normalized spacial score (nSPS) is 12.0. The van der Waals surface area contributed by atoms with Crippen LogP contribution in [0, 0.1) is 0 Å². The summed E-state index contributed by atoms with van der Waals surface area (Å²) in [6.07, 6.45) is 4.04. The average Bonchev–Trinajstić information content (AvgIpc) is 2.88. The van der Waals surface area contributed by atoms with E-state index in [2.05, 4.69) is 64.8 Å². The highest BCUT2D eigenvalue weighted by Gasteiger charge is 2.13. The molecule has 0 saturated heterocycles. The van der Waals surface area contributed by atoms with Gasteiger partial charge in [-0.15, -0.1) is 11.3 Å². The van der Waals surface area contributed by atoms with Crippen LogP contribution in [0.2, 0.25) is 0 Å². The summed E-state index contributed by atoms with van der Waals surface area (Å²) in [7, 11) is 0. The molecule has 5 heteroatoms. The minimum Gasteiger partial charge on any atom is -0.308 e. The van der Waals surface area contributed by atoms with Crippen LogP contribution in [0.15, 0.2) is 28.3 Å². The molecule has 0 atom stereocenters. The molecule has 0 fully saturated rings. The van der Waals surface area contributed by atoms with Gasteiger partial charge in [0.25, 0.3) is 0 Å². The number of nitrogens with zero attached hydrogens (tertiary/aromatic N) is 2. The van der Waals surface area contributed by atoms with E-state index in [9.17, 15) is 0 Å². The van der Waals surface area contributed by atoms with Crippen LogP contribution in [0.1, 0.15) is 31.2 Å². The molecule has 0 aliphatic heterocycles. The van der Waals surface area contributed by atoms with E-state index >= 15 is 0 Å². The number of hydrogen-bond donors (Lipinski definition) is 1. The monoisotopic (exact) mass is 327 g/mol. The molecular formula is C13H18BrN3S. The summed E-state index contributed by atoms with van der Waals surface area (Å²) >= 11 is 5.30. The van der Waals surface area contributed by atoms with Gasteiger partial charge in [0.05, 0.1) is 11.7 Å². The Kier molecular flexibility index (Phi) is 4.25. The van der Waals surface area contributed by atoms with Crippen molar-refractivity contribution in [2.24, 2.45) is 0 Å². The third kappa shape index (κ3) is 3.43. The SMILES string of the molecule is CC(C)(C)n1cc(CNCc2sccc2Br)cn1. The van der Waals surface area contributed by atoms with E-state index in [-0.39, 0.29) is 5.54 Å². The Morgan fingerprint density at radius 2 is 2.17 bits per heavy atom. The van der Waals surface area contributed by atoms with Crippen molar-refractivity contribution in [3.05, 3.63) is 38.8 Å². The molecule has 0 aliphatic carbocycles. The summed E-state index contributed by atoms with van der Waals surface area (Å²) in [5.74, 6) is 0. The van der Waals surface area contributed by atoms with Crippen LogP contribution in [-0.4, -0.2) is 9.78 Å². The Labute approximate surface area is 120 Å². The van der Waals surface area contributed by atoms with Gasteiger partial charge in [0.15, 0.2) is 0 Å². The minimum atomic E-state index is 0.0506. The summed E-state index contributed by atoms with van der Waals surface area (Å²) in [6, 6.07) is 2.08. The lowest BCUT2D eigenvalue weighted by molar-refractivity contribution is 0.355. The molecule has 98 valence electrons. The first-order valence-electron chi connectivity index (χ1n) is 5.93. The van der Waals surface area contributed by atoms with E-state index in [0.717, 1.165) is 13.1 Å². The fourth-order valence-corrected chi connectivity index (χ4v) is 3.05. The van der Waals surface area contributed by atoms with Crippen LogP contribution in [0.5, 0.6) is 0 Å². The predicted molar refractivity (Wildman–Crippen MR) is 79.8 cm³/mol. The Morgan fingerprint density at radius 1 is 1.39 bits per heavy atom. The van der Waals surface area contributed by atoms with Crippen molar-refractivity contribution < 1.29 is 0 Å². The molecule has 18 heavy (non-hydrogen) atoms. The molecule has 0 bridgehead atoms. The second-order valence-corrected chi connectivity index (χ2v) is 7.11. The van der Waals surface area contributed by atoms with Gasteiger partial charge in [0.2, 0.25) is 0 Å². The smallest absolute Gasteiger partial charge is 0.0543 e. The van der Waals surface area contributed by atoms with Crippen LogP contribution >= 0.6 is 27.3 Å². The summed E-state index contributed by atoms with van der Waals surface area (Å²) < 4.78 is 3.19. The van der Waals surface area contributed by atoms with Gasteiger partial charge in [0.1, 0.15) is 0 Å². The number of thiophene rings is 1. The van der Waals surface area contributed by atoms with Gasteiger partial charge < -0.3 is 5.32 Å². The van der Waals surface area contributed by atoms with Gasteiger partial charge in [-0.3, -0.25) is 4.68 Å². The first-order valence-corrected chi connectivity index (χ1v) is 7.61. The zero-order valence-electron chi connectivity index (χ0n) is 10.9. The standard InChI is InChI=1S/C13H18BrN3S/c1-13(2,3)17-9-10(7-16-17)6-15-8-12-11(14)4-5-18-12/h4-5,7,9,15H,6,8H2,1-3H3. The Balaban J connectivity index is 1.88. The number of aromatic nitrogens is 2. The average molecular weight is 328 g/mol. The van der Waals surface area contributed by atoms with E-state index in [4.69, 9.17) is 0 Å². The molecular weight excluding hydrogens is 310 g/mol. The van der Waals surface area contributed by atoms with Crippen LogP contribution in [0.3, 0.4) is 0 Å². The molecule has 2 rings (SSSR count). The minimum absolute atomic E-state index is 0.0506. The molecule has 0 aromatic carbocycles. The highest BCUT2D eigenvalue weighted by Crippen LogP contribution is 2.22. The number of rotatable bonds is 4. The van der Waals surface area contributed by atoms with Crippen LogP contribution < -0.4 is 5.32 Å². The zero-order valence-corrected chi connectivity index (χ0v) is 13.3. The van der Waals surface area contributed by atoms with Gasteiger partial charge >= 0.3 is 0 Å². The van der Waals surface area contributed by atoms with Crippen molar-refractivity contribution in [2.45, 2.75) is 39.4 Å². The summed E-state index contributed by atoms with van der Waals surface area (Å²) in [6.45, 7) is 8.19. The molecule has 2 aromatic heterocycles. The number of halogens is 1. The van der Waals surface area contributed by atoms with Crippen LogP contribution in [0.25, 0.3) is 0 Å². The highest BCUT2D eigenvalue weighted by molar-refractivity contribution is 9.10. The van der Waals surface area contributed by atoms with Crippen molar-refractivity contribution in [2.75, 3.05) is 0 Å². The van der Waals surface area contributed by atoms with Gasteiger partial charge in [0, 0.05) is 34.2 Å². The predicted octanol–water partition coefficient (Wildman–Crippen LogP) is 3.75. The topological polar surface area (TPSA) is 29.9 Å². The molecule has 0 spiro atoms. The lowest BCUT2D eigenvalue weighted by Gasteiger charge is -2.18. The fourth-order valence-electron chi connectivity index (χ4n) is 1.59. The number of hydrogen-bond acceptors (Lipinski definition) is 3. The summed E-state index contributed by atoms with van der Waals surface area (Å²) in [5, 5.41) is 9.92. The van der Waals surface area contributed by atoms with Gasteiger partial charge in [-0.2, -0.15) is 5.10 Å². The van der Waals surface area contributed by atoms with E-state index in [1.54, 1.807) is 11.3 Å². The maximum atomic E-state index is 4.39. The van der Waals surface area contributed by atoms with Gasteiger partial charge in [-0.05, 0) is 48.1 Å².